The largest absolute Gasteiger partial charge is 0.339 e. The molecule has 1 heterocycles. The molecule has 5 heteroatoms. The first-order valence-electron chi connectivity index (χ1n) is 8.46. The fraction of sp³-hybridized carbons (Fsp3) is 0.250. The van der Waals surface area contributed by atoms with E-state index < -0.39 is 0 Å². The molecule has 0 unspecified atom stereocenters. The number of para-hydroxylation sites is 1. The molecular weight excluding hydrogens is 310 g/mol. The Labute approximate surface area is 148 Å². The van der Waals surface area contributed by atoms with E-state index in [4.69, 9.17) is 0 Å². The molecule has 1 aromatic heterocycles. The molecule has 0 spiro atoms. The van der Waals surface area contributed by atoms with E-state index in [0.29, 0.717) is 11.8 Å². The van der Waals surface area contributed by atoms with Crippen LogP contribution in [0, 0.1) is 6.92 Å². The van der Waals surface area contributed by atoms with Crippen LogP contribution in [0.3, 0.4) is 0 Å². The molecule has 25 heavy (non-hydrogen) atoms. The summed E-state index contributed by atoms with van der Waals surface area (Å²) in [5.41, 5.74) is 3.40. The van der Waals surface area contributed by atoms with Gasteiger partial charge in [0.1, 0.15) is 0 Å². The predicted octanol–water partition coefficient (Wildman–Crippen LogP) is 4.34. The summed E-state index contributed by atoms with van der Waals surface area (Å²) in [5, 5.41) is 11.7. The van der Waals surface area contributed by atoms with E-state index in [9.17, 15) is 0 Å². The van der Waals surface area contributed by atoms with E-state index in [-0.39, 0.29) is 6.04 Å². The van der Waals surface area contributed by atoms with E-state index in [1.165, 1.54) is 5.56 Å². The summed E-state index contributed by atoms with van der Waals surface area (Å²) in [6.45, 7) is 7.07. The molecule has 0 bridgehead atoms. The number of nitrogens with one attached hydrogen (secondary N) is 1. The molecule has 0 atom stereocenters. The molecule has 0 saturated carbocycles. The second-order valence-electron chi connectivity index (χ2n) is 6.29. The van der Waals surface area contributed by atoms with Gasteiger partial charge in [0.25, 0.3) is 0 Å². The number of rotatable bonds is 6. The molecular formula is C20H23N5. The van der Waals surface area contributed by atoms with Crippen molar-refractivity contribution in [3.63, 3.8) is 0 Å². The molecule has 0 aliphatic carbocycles. The molecule has 3 rings (SSSR count). The number of benzene rings is 2. The summed E-state index contributed by atoms with van der Waals surface area (Å²) in [4.78, 5) is 6.81. The van der Waals surface area contributed by atoms with Gasteiger partial charge in [-0.2, -0.15) is 10.1 Å². The molecule has 3 aromatic rings. The quantitative estimate of drug-likeness (QED) is 0.727. The molecule has 0 radical (unpaired) electrons. The van der Waals surface area contributed by atoms with Gasteiger partial charge in [-0.3, -0.25) is 0 Å². The maximum Gasteiger partial charge on any atom is 0.247 e. The fourth-order valence-corrected chi connectivity index (χ4v) is 2.59. The third-order valence-electron chi connectivity index (χ3n) is 4.03. The Hall–Kier alpha value is -2.95. The average molecular weight is 333 g/mol. The third-order valence-corrected chi connectivity index (χ3v) is 4.03. The minimum Gasteiger partial charge on any atom is -0.339 e. The van der Waals surface area contributed by atoms with Crippen LogP contribution in [0.25, 0.3) is 0 Å². The molecule has 5 nitrogen and oxygen atoms in total. The number of anilines is 3. The molecule has 2 aromatic carbocycles. The van der Waals surface area contributed by atoms with Gasteiger partial charge in [-0.1, -0.05) is 48.5 Å². The van der Waals surface area contributed by atoms with Crippen molar-refractivity contribution < 1.29 is 0 Å². The Kier molecular flexibility index (Phi) is 5.23. The lowest BCUT2D eigenvalue weighted by atomic mass is 10.2. The van der Waals surface area contributed by atoms with Crippen molar-refractivity contribution in [3.05, 3.63) is 71.9 Å². The van der Waals surface area contributed by atoms with Crippen LogP contribution in [0.2, 0.25) is 0 Å². The smallest absolute Gasteiger partial charge is 0.247 e. The highest BCUT2D eigenvalue weighted by Crippen LogP contribution is 2.21. The van der Waals surface area contributed by atoms with Crippen LogP contribution in [-0.2, 0) is 6.54 Å². The van der Waals surface area contributed by atoms with Gasteiger partial charge < -0.3 is 10.2 Å². The molecule has 0 fully saturated rings. The first-order chi connectivity index (χ1) is 12.1. The zero-order chi connectivity index (χ0) is 17.6. The van der Waals surface area contributed by atoms with Crippen LogP contribution in [0.5, 0.6) is 0 Å². The van der Waals surface area contributed by atoms with Crippen molar-refractivity contribution >= 4 is 17.5 Å². The highest BCUT2D eigenvalue weighted by atomic mass is 15.3. The maximum absolute atomic E-state index is 4.67. The summed E-state index contributed by atoms with van der Waals surface area (Å²) in [6.07, 6.45) is 1.65. The number of aryl methyl sites for hydroxylation is 1. The molecule has 0 aliphatic rings. The Morgan fingerprint density at radius 2 is 1.72 bits per heavy atom. The standard InChI is InChI=1S/C20H23N5/c1-15(2)25(14-17-10-5-4-6-11-17)20-23-19(13-21-24-20)22-18-12-8-7-9-16(18)3/h4-13,15H,14H2,1-3H3,(H,22,23,24). The molecule has 0 aliphatic heterocycles. The van der Waals surface area contributed by atoms with Crippen molar-refractivity contribution in [1.82, 2.24) is 15.2 Å². The SMILES string of the molecule is Cc1ccccc1Nc1cnnc(N(Cc2ccccc2)C(C)C)n1. The normalized spacial score (nSPS) is 10.7. The maximum atomic E-state index is 4.67. The second kappa shape index (κ2) is 7.75. The van der Waals surface area contributed by atoms with Crippen LogP contribution in [0.15, 0.2) is 60.8 Å². The first kappa shape index (κ1) is 16.9. The topological polar surface area (TPSA) is 53.9 Å². The summed E-state index contributed by atoms with van der Waals surface area (Å²) < 4.78 is 0. The van der Waals surface area contributed by atoms with Gasteiger partial charge in [0, 0.05) is 18.3 Å². The Morgan fingerprint density at radius 3 is 2.44 bits per heavy atom. The molecule has 0 saturated heterocycles. The summed E-state index contributed by atoms with van der Waals surface area (Å²) in [7, 11) is 0. The lowest BCUT2D eigenvalue weighted by molar-refractivity contribution is 0.653. The van der Waals surface area contributed by atoms with E-state index in [1.807, 2.05) is 36.4 Å². The zero-order valence-corrected chi connectivity index (χ0v) is 14.8. The van der Waals surface area contributed by atoms with Crippen molar-refractivity contribution in [3.8, 4) is 0 Å². The number of hydrogen-bond acceptors (Lipinski definition) is 5. The van der Waals surface area contributed by atoms with Gasteiger partial charge in [0.15, 0.2) is 5.82 Å². The average Bonchev–Trinajstić information content (AvgIpc) is 2.62. The zero-order valence-electron chi connectivity index (χ0n) is 14.8. The fourth-order valence-electron chi connectivity index (χ4n) is 2.59. The second-order valence-corrected chi connectivity index (χ2v) is 6.29. The minimum atomic E-state index is 0.260. The van der Waals surface area contributed by atoms with Gasteiger partial charge in [-0.15, -0.1) is 5.10 Å². The van der Waals surface area contributed by atoms with E-state index in [1.54, 1.807) is 6.20 Å². The Bertz CT molecular complexity index is 817. The number of aromatic nitrogens is 3. The summed E-state index contributed by atoms with van der Waals surface area (Å²) in [6, 6.07) is 18.7. The van der Waals surface area contributed by atoms with Gasteiger partial charge in [-0.05, 0) is 38.0 Å². The van der Waals surface area contributed by atoms with E-state index in [2.05, 4.69) is 64.4 Å². The molecule has 1 N–H and O–H groups in total. The summed E-state index contributed by atoms with van der Waals surface area (Å²) in [5.74, 6) is 1.32. The minimum absolute atomic E-state index is 0.260. The lowest BCUT2D eigenvalue weighted by Crippen LogP contribution is -2.32. The monoisotopic (exact) mass is 333 g/mol. The van der Waals surface area contributed by atoms with Crippen molar-refractivity contribution in [2.24, 2.45) is 0 Å². The van der Waals surface area contributed by atoms with Crippen LogP contribution in [-0.4, -0.2) is 21.2 Å². The van der Waals surface area contributed by atoms with Gasteiger partial charge in [0.2, 0.25) is 5.95 Å². The number of nitrogens with zero attached hydrogens (tertiary/aromatic N) is 4. The molecule has 128 valence electrons. The Balaban J connectivity index is 1.84. The summed E-state index contributed by atoms with van der Waals surface area (Å²) >= 11 is 0. The van der Waals surface area contributed by atoms with Crippen molar-refractivity contribution in [1.29, 1.82) is 0 Å². The van der Waals surface area contributed by atoms with Crippen LogP contribution in [0.4, 0.5) is 17.5 Å². The highest BCUT2D eigenvalue weighted by molar-refractivity contribution is 5.60. The van der Waals surface area contributed by atoms with Gasteiger partial charge >= 0.3 is 0 Å². The lowest BCUT2D eigenvalue weighted by Gasteiger charge is -2.26. The first-order valence-corrected chi connectivity index (χ1v) is 8.46. The van der Waals surface area contributed by atoms with Gasteiger partial charge in [-0.25, -0.2) is 0 Å². The predicted molar refractivity (Wildman–Crippen MR) is 102 cm³/mol. The van der Waals surface area contributed by atoms with E-state index in [0.717, 1.165) is 17.8 Å². The van der Waals surface area contributed by atoms with Crippen molar-refractivity contribution in [2.45, 2.75) is 33.4 Å². The van der Waals surface area contributed by atoms with Crippen LogP contribution in [0.1, 0.15) is 25.0 Å². The third kappa shape index (κ3) is 4.32. The Morgan fingerprint density at radius 1 is 1.00 bits per heavy atom. The van der Waals surface area contributed by atoms with Crippen LogP contribution >= 0.6 is 0 Å². The van der Waals surface area contributed by atoms with Crippen molar-refractivity contribution in [2.75, 3.05) is 10.2 Å². The highest BCUT2D eigenvalue weighted by Gasteiger charge is 2.15. The molecule has 0 amide bonds. The number of hydrogen-bond donors (Lipinski definition) is 1. The van der Waals surface area contributed by atoms with Gasteiger partial charge in [0.05, 0.1) is 6.20 Å². The van der Waals surface area contributed by atoms with Crippen LogP contribution < -0.4 is 10.2 Å². The van der Waals surface area contributed by atoms with E-state index >= 15 is 0 Å².